The molecule has 1 unspecified atom stereocenters. The second kappa shape index (κ2) is 8.32. The van der Waals surface area contributed by atoms with E-state index in [-0.39, 0.29) is 11.8 Å². The van der Waals surface area contributed by atoms with E-state index >= 15 is 0 Å². The van der Waals surface area contributed by atoms with Crippen molar-refractivity contribution >= 4 is 11.7 Å². The molecule has 0 saturated carbocycles. The van der Waals surface area contributed by atoms with E-state index in [0.717, 1.165) is 44.9 Å². The number of hydrogen-bond donors (Lipinski definition) is 0. The van der Waals surface area contributed by atoms with Crippen molar-refractivity contribution in [3.63, 3.8) is 0 Å². The topological polar surface area (TPSA) is 69.4 Å². The molecule has 5 nitrogen and oxygen atoms in total. The number of carbonyl (C=O) groups excluding carboxylic acids is 1. The van der Waals surface area contributed by atoms with Gasteiger partial charge in [0.2, 0.25) is 0 Å². The second-order valence-electron chi connectivity index (χ2n) is 5.52. The van der Waals surface area contributed by atoms with Crippen LogP contribution in [-0.2, 0) is 4.74 Å². The van der Waals surface area contributed by atoms with Gasteiger partial charge in [0, 0.05) is 12.1 Å². The third-order valence-electron chi connectivity index (χ3n) is 3.80. The third-order valence-corrected chi connectivity index (χ3v) is 3.80. The number of nitrogens with zero attached hydrogens (tertiary/aromatic N) is 1. The number of nitro groups is 1. The van der Waals surface area contributed by atoms with E-state index in [4.69, 9.17) is 4.74 Å². The first-order valence-electron chi connectivity index (χ1n) is 7.77. The van der Waals surface area contributed by atoms with Gasteiger partial charge in [0.1, 0.15) is 6.10 Å². The van der Waals surface area contributed by atoms with E-state index in [1.807, 2.05) is 0 Å². The fourth-order valence-electron chi connectivity index (χ4n) is 2.53. The van der Waals surface area contributed by atoms with Crippen molar-refractivity contribution in [1.29, 1.82) is 0 Å². The van der Waals surface area contributed by atoms with Crippen LogP contribution in [0.1, 0.15) is 55.3 Å². The molecule has 1 aliphatic carbocycles. The molecule has 118 valence electrons. The molecule has 0 spiro atoms. The van der Waals surface area contributed by atoms with Gasteiger partial charge in [-0.1, -0.05) is 12.2 Å². The summed E-state index contributed by atoms with van der Waals surface area (Å²) in [6.07, 6.45) is 11.4. The van der Waals surface area contributed by atoms with Gasteiger partial charge in [-0.05, 0) is 57.1 Å². The number of hydrogen-bond acceptors (Lipinski definition) is 4. The van der Waals surface area contributed by atoms with Crippen LogP contribution in [0.25, 0.3) is 0 Å². The number of allylic oxidation sites excluding steroid dienone is 2. The Labute approximate surface area is 130 Å². The van der Waals surface area contributed by atoms with Crippen molar-refractivity contribution in [3.8, 4) is 0 Å². The standard InChI is InChI=1S/C17H21NO4/c19-17(14-10-12-15(13-11-14)18(20)21)22-16-8-6-4-2-1-3-5-7-9-16/h1-2,10-13,16H,3-9H2. The van der Waals surface area contributed by atoms with Gasteiger partial charge in [0.25, 0.3) is 5.69 Å². The van der Waals surface area contributed by atoms with E-state index in [9.17, 15) is 14.9 Å². The predicted octanol–water partition coefficient (Wildman–Crippen LogP) is 4.42. The number of benzene rings is 1. The summed E-state index contributed by atoms with van der Waals surface area (Å²) in [5.74, 6) is -0.396. The van der Waals surface area contributed by atoms with Crippen molar-refractivity contribution in [3.05, 3.63) is 52.1 Å². The van der Waals surface area contributed by atoms with Crippen molar-refractivity contribution in [2.75, 3.05) is 0 Å². The Kier molecular flexibility index (Phi) is 6.13. The molecule has 0 amide bonds. The van der Waals surface area contributed by atoms with Crippen molar-refractivity contribution < 1.29 is 14.5 Å². The molecule has 0 aliphatic heterocycles. The van der Waals surface area contributed by atoms with E-state index in [1.165, 1.54) is 24.3 Å². The zero-order valence-corrected chi connectivity index (χ0v) is 12.6. The van der Waals surface area contributed by atoms with Crippen LogP contribution in [0.5, 0.6) is 0 Å². The minimum atomic E-state index is -0.482. The Morgan fingerprint density at radius 3 is 2.36 bits per heavy atom. The highest BCUT2D eigenvalue weighted by molar-refractivity contribution is 5.89. The molecule has 0 aromatic heterocycles. The van der Waals surface area contributed by atoms with E-state index < -0.39 is 10.9 Å². The van der Waals surface area contributed by atoms with Gasteiger partial charge >= 0.3 is 5.97 Å². The predicted molar refractivity (Wildman–Crippen MR) is 83.8 cm³/mol. The highest BCUT2D eigenvalue weighted by Gasteiger charge is 2.17. The quantitative estimate of drug-likeness (QED) is 0.359. The Balaban J connectivity index is 1.93. The first-order valence-corrected chi connectivity index (χ1v) is 7.77. The lowest BCUT2D eigenvalue weighted by molar-refractivity contribution is -0.384. The van der Waals surface area contributed by atoms with Crippen molar-refractivity contribution in [2.45, 2.75) is 51.0 Å². The van der Waals surface area contributed by atoms with E-state index in [0.29, 0.717) is 5.56 Å². The maximum atomic E-state index is 12.1. The fraction of sp³-hybridized carbons (Fsp3) is 0.471. The summed E-state index contributed by atoms with van der Waals surface area (Å²) in [4.78, 5) is 22.3. The van der Waals surface area contributed by atoms with Crippen LogP contribution in [0, 0.1) is 10.1 Å². The van der Waals surface area contributed by atoms with Crippen molar-refractivity contribution in [1.82, 2.24) is 0 Å². The average molecular weight is 303 g/mol. The summed E-state index contributed by atoms with van der Waals surface area (Å²) < 4.78 is 5.58. The van der Waals surface area contributed by atoms with Crippen LogP contribution >= 0.6 is 0 Å². The Hall–Kier alpha value is -2.17. The van der Waals surface area contributed by atoms with Gasteiger partial charge in [0.15, 0.2) is 0 Å². The SMILES string of the molecule is O=C(OC1CCCC=CCCCC1)c1ccc([N+](=O)[O-])cc1. The Morgan fingerprint density at radius 2 is 1.68 bits per heavy atom. The molecule has 22 heavy (non-hydrogen) atoms. The molecular formula is C17H21NO4. The number of esters is 1. The zero-order valence-electron chi connectivity index (χ0n) is 12.6. The number of nitro benzene ring substituents is 1. The van der Waals surface area contributed by atoms with Crippen LogP contribution in [0.2, 0.25) is 0 Å². The third kappa shape index (κ3) is 4.98. The molecule has 1 aromatic carbocycles. The highest BCUT2D eigenvalue weighted by Crippen LogP contribution is 2.19. The van der Waals surface area contributed by atoms with Gasteiger partial charge < -0.3 is 4.74 Å². The zero-order chi connectivity index (χ0) is 15.8. The van der Waals surface area contributed by atoms with Crippen molar-refractivity contribution in [2.24, 2.45) is 0 Å². The van der Waals surface area contributed by atoms with Gasteiger partial charge in [-0.15, -0.1) is 0 Å². The summed E-state index contributed by atoms with van der Waals surface area (Å²) in [7, 11) is 0. The molecule has 0 heterocycles. The Bertz CT molecular complexity index is 536. The summed E-state index contributed by atoms with van der Waals surface area (Å²) >= 11 is 0. The molecule has 0 saturated heterocycles. The number of carbonyl (C=O) groups is 1. The van der Waals surface area contributed by atoms with Gasteiger partial charge in [-0.2, -0.15) is 0 Å². The maximum absolute atomic E-state index is 12.1. The largest absolute Gasteiger partial charge is 0.459 e. The highest BCUT2D eigenvalue weighted by atomic mass is 16.6. The summed E-state index contributed by atoms with van der Waals surface area (Å²) in [6, 6.07) is 5.55. The monoisotopic (exact) mass is 303 g/mol. The lowest BCUT2D eigenvalue weighted by Gasteiger charge is -2.18. The summed E-state index contributed by atoms with van der Waals surface area (Å²) in [5, 5.41) is 10.6. The first-order chi connectivity index (χ1) is 10.7. The van der Waals surface area contributed by atoms with E-state index in [1.54, 1.807) is 0 Å². The van der Waals surface area contributed by atoms with Crippen LogP contribution in [0.15, 0.2) is 36.4 Å². The van der Waals surface area contributed by atoms with Gasteiger partial charge in [-0.3, -0.25) is 10.1 Å². The van der Waals surface area contributed by atoms with E-state index in [2.05, 4.69) is 12.2 Å². The minimum absolute atomic E-state index is 0.0259. The number of rotatable bonds is 3. The summed E-state index contributed by atoms with van der Waals surface area (Å²) in [5.41, 5.74) is 0.338. The minimum Gasteiger partial charge on any atom is -0.459 e. The van der Waals surface area contributed by atoms with Crippen LogP contribution in [0.4, 0.5) is 5.69 Å². The number of ether oxygens (including phenoxy) is 1. The van der Waals surface area contributed by atoms with Crippen LogP contribution < -0.4 is 0 Å². The molecule has 0 N–H and O–H groups in total. The molecular weight excluding hydrogens is 282 g/mol. The van der Waals surface area contributed by atoms with Crippen LogP contribution in [0.3, 0.4) is 0 Å². The first kappa shape index (κ1) is 16.2. The summed E-state index contributed by atoms with van der Waals surface area (Å²) in [6.45, 7) is 0. The van der Waals surface area contributed by atoms with Gasteiger partial charge in [-0.25, -0.2) is 4.79 Å². The smallest absolute Gasteiger partial charge is 0.338 e. The molecule has 2 rings (SSSR count). The Morgan fingerprint density at radius 1 is 1.05 bits per heavy atom. The number of non-ortho nitro benzene ring substituents is 1. The maximum Gasteiger partial charge on any atom is 0.338 e. The molecule has 5 heteroatoms. The molecule has 1 aromatic rings. The fourth-order valence-corrected chi connectivity index (χ4v) is 2.53. The van der Waals surface area contributed by atoms with Crippen LogP contribution in [-0.4, -0.2) is 17.0 Å². The normalized spacial score (nSPS) is 19.4. The molecule has 0 radical (unpaired) electrons. The average Bonchev–Trinajstić information content (AvgIpc) is 2.53. The molecule has 1 atom stereocenters. The molecule has 1 aliphatic rings. The lowest BCUT2D eigenvalue weighted by Crippen LogP contribution is -2.18. The lowest BCUT2D eigenvalue weighted by atomic mass is 10.0. The molecule has 0 fully saturated rings. The molecule has 0 bridgehead atoms. The van der Waals surface area contributed by atoms with Gasteiger partial charge in [0.05, 0.1) is 10.5 Å². The second-order valence-corrected chi connectivity index (χ2v) is 5.52.